The van der Waals surface area contributed by atoms with Crippen LogP contribution in [0.2, 0.25) is 0 Å². The van der Waals surface area contributed by atoms with Gasteiger partial charge in [0.25, 0.3) is 0 Å². The average Bonchev–Trinajstić information content (AvgIpc) is 2.39. The third-order valence-corrected chi connectivity index (χ3v) is 3.94. The maximum absolute atomic E-state index is 10.9. The second kappa shape index (κ2) is 18.5. The average molecular weight is 306 g/mol. The fourth-order valence-electron chi connectivity index (χ4n) is 2.71. The molecule has 0 saturated heterocycles. The first-order valence-electron chi connectivity index (χ1n) is 8.94. The molecule has 0 radical (unpaired) electrons. The smallest absolute Gasteiger partial charge is 0.354 e. The van der Waals surface area contributed by atoms with Gasteiger partial charge in [-0.3, -0.25) is 4.79 Å². The van der Waals surface area contributed by atoms with E-state index in [-0.39, 0.29) is 35.5 Å². The predicted molar refractivity (Wildman–Crippen MR) is 89.0 cm³/mol. The molecule has 0 aliphatic heterocycles. The van der Waals surface area contributed by atoms with Gasteiger partial charge in [0.1, 0.15) is 0 Å². The predicted octanol–water partition coefficient (Wildman–Crippen LogP) is 2.61. The van der Waals surface area contributed by atoms with Gasteiger partial charge in [-0.05, 0) is 13.3 Å². The summed E-state index contributed by atoms with van der Waals surface area (Å²) in [4.78, 5) is 10.9. The Labute approximate surface area is 155 Å². The Morgan fingerprint density at radius 1 is 0.810 bits per heavy atom. The molecule has 0 aromatic heterocycles. The molecule has 0 rings (SSSR count). The van der Waals surface area contributed by atoms with E-state index < -0.39 is 0 Å². The summed E-state index contributed by atoms with van der Waals surface area (Å²) in [5.41, 5.74) is 0. The number of amides is 1. The van der Waals surface area contributed by atoms with Crippen LogP contribution in [-0.4, -0.2) is 11.9 Å². The molecule has 1 amide bonds. The molecule has 0 heterocycles. The monoisotopic (exact) mass is 306 g/mol. The molecular weight excluding hydrogens is 269 g/mol. The van der Waals surface area contributed by atoms with Crippen molar-refractivity contribution in [1.29, 1.82) is 0 Å². The zero-order valence-electron chi connectivity index (χ0n) is 15.2. The van der Waals surface area contributed by atoms with E-state index >= 15 is 0 Å². The zero-order valence-corrected chi connectivity index (χ0v) is 17.2. The molecule has 120 valence electrons. The number of hydrogen-bond donors (Lipinski definition) is 1. The molecule has 3 heteroatoms. The van der Waals surface area contributed by atoms with Crippen LogP contribution in [0.5, 0.6) is 0 Å². The standard InChI is InChI=1S/C18H37NO.Na/c1-4-5-6-7-8-9-10-11-12-13-14-15-16-17(2)19-18(3)20;/h17H,4-16H2,1-3H3,(H,19,20);/q;+1. The number of hydrogen-bond acceptors (Lipinski definition) is 1. The van der Waals surface area contributed by atoms with Crippen molar-refractivity contribution in [3.63, 3.8) is 0 Å². The topological polar surface area (TPSA) is 29.1 Å². The van der Waals surface area contributed by atoms with Crippen LogP contribution < -0.4 is 34.9 Å². The van der Waals surface area contributed by atoms with Crippen molar-refractivity contribution in [2.24, 2.45) is 0 Å². The van der Waals surface area contributed by atoms with Gasteiger partial charge < -0.3 is 5.32 Å². The minimum atomic E-state index is 0. The number of unbranched alkanes of at least 4 members (excludes halogenated alkanes) is 11. The molecule has 1 N–H and O–H groups in total. The van der Waals surface area contributed by atoms with Crippen LogP contribution in [-0.2, 0) is 4.79 Å². The third-order valence-electron chi connectivity index (χ3n) is 3.94. The molecule has 0 spiro atoms. The fourth-order valence-corrected chi connectivity index (χ4v) is 2.71. The van der Waals surface area contributed by atoms with Crippen LogP contribution in [0.1, 0.15) is 104 Å². The van der Waals surface area contributed by atoms with Crippen molar-refractivity contribution < 1.29 is 34.4 Å². The summed E-state index contributed by atoms with van der Waals surface area (Å²) >= 11 is 0. The van der Waals surface area contributed by atoms with Crippen molar-refractivity contribution in [3.05, 3.63) is 0 Å². The Kier molecular flexibility index (Phi) is 20.9. The molecule has 0 aromatic carbocycles. The first-order valence-corrected chi connectivity index (χ1v) is 8.94. The van der Waals surface area contributed by atoms with Gasteiger partial charge in [0.15, 0.2) is 0 Å². The van der Waals surface area contributed by atoms with Crippen molar-refractivity contribution in [2.45, 2.75) is 110 Å². The first kappa shape index (κ1) is 23.7. The summed E-state index contributed by atoms with van der Waals surface area (Å²) in [6.07, 6.45) is 17.8. The zero-order chi connectivity index (χ0) is 15.1. The Balaban J connectivity index is 0. The molecule has 2 nitrogen and oxygen atoms in total. The Morgan fingerprint density at radius 2 is 1.19 bits per heavy atom. The Morgan fingerprint density at radius 3 is 1.57 bits per heavy atom. The summed E-state index contributed by atoms with van der Waals surface area (Å²) in [6, 6.07) is 0.343. The van der Waals surface area contributed by atoms with Crippen molar-refractivity contribution in [1.82, 2.24) is 5.32 Å². The summed E-state index contributed by atoms with van der Waals surface area (Å²) in [5, 5.41) is 2.94. The second-order valence-corrected chi connectivity index (χ2v) is 6.28. The third kappa shape index (κ3) is 20.5. The Hall–Kier alpha value is 0.470. The molecular formula is C18H37NNaO+. The SMILES string of the molecule is CCCCCCCCCCCCCCC(C)NC(C)=O.[Na+]. The van der Waals surface area contributed by atoms with Gasteiger partial charge in [0.2, 0.25) is 5.91 Å². The van der Waals surface area contributed by atoms with Gasteiger partial charge >= 0.3 is 29.6 Å². The van der Waals surface area contributed by atoms with Crippen LogP contribution >= 0.6 is 0 Å². The summed E-state index contributed by atoms with van der Waals surface area (Å²) in [6.45, 7) is 5.97. The molecule has 0 fully saturated rings. The van der Waals surface area contributed by atoms with E-state index in [1.54, 1.807) is 6.92 Å². The van der Waals surface area contributed by atoms with E-state index in [1.165, 1.54) is 77.0 Å². The molecule has 1 atom stereocenters. The maximum Gasteiger partial charge on any atom is 1.00 e. The minimum Gasteiger partial charge on any atom is -0.354 e. The molecule has 1 unspecified atom stereocenters. The van der Waals surface area contributed by atoms with E-state index in [0.29, 0.717) is 6.04 Å². The summed E-state index contributed by atoms with van der Waals surface area (Å²) in [5.74, 6) is 0.0939. The molecule has 21 heavy (non-hydrogen) atoms. The first-order chi connectivity index (χ1) is 9.66. The van der Waals surface area contributed by atoms with Gasteiger partial charge in [-0.1, -0.05) is 84.0 Å². The normalized spacial score (nSPS) is 11.8. The van der Waals surface area contributed by atoms with E-state index in [9.17, 15) is 4.79 Å². The number of carbonyl (C=O) groups excluding carboxylic acids is 1. The van der Waals surface area contributed by atoms with Crippen molar-refractivity contribution >= 4 is 5.91 Å². The number of nitrogens with one attached hydrogen (secondary N) is 1. The van der Waals surface area contributed by atoms with E-state index in [0.717, 1.165) is 6.42 Å². The molecule has 0 aliphatic rings. The van der Waals surface area contributed by atoms with Gasteiger partial charge in [-0.25, -0.2) is 0 Å². The van der Waals surface area contributed by atoms with Gasteiger partial charge in [-0.2, -0.15) is 0 Å². The largest absolute Gasteiger partial charge is 1.00 e. The number of rotatable bonds is 14. The van der Waals surface area contributed by atoms with Crippen molar-refractivity contribution in [2.75, 3.05) is 0 Å². The van der Waals surface area contributed by atoms with Crippen LogP contribution in [0, 0.1) is 0 Å². The van der Waals surface area contributed by atoms with E-state index in [1.807, 2.05) is 0 Å². The molecule has 0 aromatic rings. The summed E-state index contributed by atoms with van der Waals surface area (Å²) < 4.78 is 0. The van der Waals surface area contributed by atoms with Crippen molar-refractivity contribution in [3.8, 4) is 0 Å². The molecule has 0 aliphatic carbocycles. The minimum absolute atomic E-state index is 0. The maximum atomic E-state index is 10.9. The second-order valence-electron chi connectivity index (χ2n) is 6.28. The van der Waals surface area contributed by atoms with Gasteiger partial charge in [0, 0.05) is 13.0 Å². The van der Waals surface area contributed by atoms with E-state index in [2.05, 4.69) is 19.2 Å². The van der Waals surface area contributed by atoms with Crippen LogP contribution in [0.4, 0.5) is 0 Å². The molecule has 0 bridgehead atoms. The van der Waals surface area contributed by atoms with Crippen LogP contribution in [0.15, 0.2) is 0 Å². The number of carbonyl (C=O) groups is 1. The molecule has 0 saturated carbocycles. The van der Waals surface area contributed by atoms with Crippen LogP contribution in [0.25, 0.3) is 0 Å². The van der Waals surface area contributed by atoms with Gasteiger partial charge in [0.05, 0.1) is 0 Å². The summed E-state index contributed by atoms with van der Waals surface area (Å²) in [7, 11) is 0. The van der Waals surface area contributed by atoms with Crippen LogP contribution in [0.3, 0.4) is 0 Å². The van der Waals surface area contributed by atoms with Gasteiger partial charge in [-0.15, -0.1) is 0 Å². The fraction of sp³-hybridized carbons (Fsp3) is 0.944. The Bertz CT molecular complexity index is 221. The quantitative estimate of drug-likeness (QED) is 0.388. The van der Waals surface area contributed by atoms with E-state index in [4.69, 9.17) is 0 Å².